The molecule has 17 heteroatoms. The van der Waals surface area contributed by atoms with Gasteiger partial charge in [0.1, 0.15) is 19.3 Å². The van der Waals surface area contributed by atoms with Crippen LogP contribution in [0.25, 0.3) is 22.9 Å². The van der Waals surface area contributed by atoms with Crippen LogP contribution in [0.1, 0.15) is 268 Å². The van der Waals surface area contributed by atoms with Crippen LogP contribution in [0.3, 0.4) is 0 Å². The number of carboxylic acids is 3. The van der Waals surface area contributed by atoms with Crippen LogP contribution in [-0.2, 0) is 68.5 Å². The molecule has 529 valence electrons. The molecular formula is C74H125ClN5O9Pt2-2. The Labute approximate surface area is 581 Å². The van der Waals surface area contributed by atoms with E-state index < -0.39 is 36.3 Å². The summed E-state index contributed by atoms with van der Waals surface area (Å²) < 4.78 is 11.6. The van der Waals surface area contributed by atoms with Gasteiger partial charge in [-0.15, -0.1) is 0 Å². The Morgan fingerprint density at radius 1 is 0.538 bits per heavy atom. The predicted octanol–water partition coefficient (Wildman–Crippen LogP) is 19.4. The molecule has 0 aromatic carbocycles. The van der Waals surface area contributed by atoms with Gasteiger partial charge in [0, 0.05) is 0 Å². The van der Waals surface area contributed by atoms with Gasteiger partial charge in [-0.25, -0.2) is 9.59 Å². The molecule has 0 aromatic rings. The van der Waals surface area contributed by atoms with E-state index in [1.54, 1.807) is 24.3 Å². The zero-order valence-corrected chi connectivity index (χ0v) is 63.1. The van der Waals surface area contributed by atoms with Crippen molar-refractivity contribution < 1.29 is 83.8 Å². The first kappa shape index (κ1) is 80.5. The Morgan fingerprint density at radius 3 is 1.26 bits per heavy atom. The molecule has 0 saturated heterocycles. The van der Waals surface area contributed by atoms with E-state index in [1.165, 1.54) is 134 Å². The topological polar surface area (TPSA) is 255 Å². The van der Waals surface area contributed by atoms with E-state index in [9.17, 15) is 24.3 Å². The molecule has 8 saturated carbocycles. The summed E-state index contributed by atoms with van der Waals surface area (Å²) in [4.78, 5) is 45.4. The van der Waals surface area contributed by atoms with Crippen molar-refractivity contribution in [1.29, 1.82) is 0 Å². The van der Waals surface area contributed by atoms with Crippen LogP contribution in [0.4, 0.5) is 0 Å². The smallest absolute Gasteiger partial charge is 0.676 e. The molecule has 0 bridgehead atoms. The average molecular weight is 1650 g/mol. The zero-order valence-electron chi connectivity index (χ0n) is 57.8. The number of hydrogen-bond acceptors (Lipinski definition) is 6. The van der Waals surface area contributed by atoms with Crippen molar-refractivity contribution in [1.82, 2.24) is 5.32 Å². The third-order valence-corrected chi connectivity index (χ3v) is 26.0. The second-order valence-electron chi connectivity index (χ2n) is 32.4. The monoisotopic (exact) mass is 1650 g/mol. The van der Waals surface area contributed by atoms with Crippen molar-refractivity contribution in [2.75, 3.05) is 13.2 Å². The Bertz CT molecular complexity index is 2310. The Morgan fingerprint density at radius 2 is 0.923 bits per heavy atom. The normalized spacial score (nSPS) is 37.9. The van der Waals surface area contributed by atoms with Gasteiger partial charge < -0.3 is 53.0 Å². The molecule has 8 fully saturated rings. The molecule has 8 N–H and O–H groups in total. The maximum Gasteiger partial charge on any atom is 2.00 e. The summed E-state index contributed by atoms with van der Waals surface area (Å²) in [6.45, 7) is 24.4. The Hall–Kier alpha value is -1.21. The summed E-state index contributed by atoms with van der Waals surface area (Å²) in [5.41, 5.74) is 33.8. The van der Waals surface area contributed by atoms with E-state index in [0.29, 0.717) is 16.2 Å². The molecule has 0 radical (unpaired) electrons. The molecule has 0 heterocycles. The molecule has 21 atom stereocenters. The Balaban J connectivity index is 0.000000260. The van der Waals surface area contributed by atoms with Crippen LogP contribution in [0, 0.1) is 92.7 Å². The number of allylic oxidation sites excluding steroid dienone is 2. The fraction of sp³-hybridized carbons (Fsp3) is 0.892. The van der Waals surface area contributed by atoms with Gasteiger partial charge in [-0.3, -0.25) is 9.59 Å². The fourth-order valence-electron chi connectivity index (χ4n) is 20.8. The van der Waals surface area contributed by atoms with Gasteiger partial charge in [-0.05, 0) is 195 Å². The quantitative estimate of drug-likeness (QED) is 0.0844. The number of hydrogen-bond donors (Lipinski definition) is 4. The summed E-state index contributed by atoms with van der Waals surface area (Å²) >= 11 is 1.61. The van der Waals surface area contributed by atoms with E-state index in [0.717, 1.165) is 135 Å². The maximum atomic E-state index is 12.3. The van der Waals surface area contributed by atoms with E-state index >= 15 is 0 Å². The number of halogens is 1. The van der Waals surface area contributed by atoms with Gasteiger partial charge in [0.15, 0.2) is 0 Å². The number of amides is 1. The molecular weight excluding hydrogens is 1530 g/mol. The standard InChI is InChI=1S/C33H53NO6.C29H48O3.2C6H12N2.ClH.2Pt/c1-20(2)7-6-8-21(3)25-11-12-26-24-10-9-22-17-23(13-15-32(22,4)27(24)14-16-33(25,26)5)40-19-29(35)34-28(31(38)39)18-30(36)37;1-19(2)7-6-8-20(3)24-11-12-25-23-10-9-21-17-22(32-18-27(30)31)13-15-28(21,4)26(23)14-16-29(24,25)5;2*7-5-3-1-2-4-6(5)8;;;/h9,20-21,23-28H,6-8,10-19H2,1-5H3,(H,34,35)(H,36,37)(H,38,39);9,19-20,22-26H,6-8,10-18H2,1-5H3,(H,30,31);2*5-8H,1-4H2;1H;;/q;;2*-2;;+1;+2/p-1/t21-,23+,24+,25-,26+,27+,28?,32+,33-;20-,22+,23?,24-,25?,26?,28+,29-;2*5-,6-;;;/m1111.../s1. The molecule has 0 aliphatic heterocycles. The maximum absolute atomic E-state index is 12.3. The van der Waals surface area contributed by atoms with Crippen LogP contribution in [0.5, 0.6) is 0 Å². The van der Waals surface area contributed by atoms with Crippen molar-refractivity contribution in [2.45, 2.75) is 311 Å². The average Bonchev–Trinajstić information content (AvgIpc) is 1.72. The first-order chi connectivity index (χ1) is 42.6. The predicted molar refractivity (Wildman–Crippen MR) is 360 cm³/mol. The van der Waals surface area contributed by atoms with Crippen LogP contribution in [-0.4, -0.2) is 94.8 Å². The summed E-state index contributed by atoms with van der Waals surface area (Å²) in [6, 6.07) is -1.77. The van der Waals surface area contributed by atoms with Gasteiger partial charge in [-0.1, -0.05) is 182 Å². The van der Waals surface area contributed by atoms with E-state index in [4.69, 9.17) is 42.6 Å². The SMILES string of the molecule is CC(C)CCC[C@@H](C)[C@H]1CCC2C3CC=C4C[C@@H](OCC(=O)O)CC[C@]4(C)C3CC[C@@]21C.CC(C)CCC[C@@H](C)[C@H]1CC[C@H]2[C@@H]3CC=C4C[C@@H](OCC(=O)NC(CC(=O)O)C(=O)O)CC[C@]4(C)[C@H]3CC[C@]12C.[Cl][Pt].[NH-][C@@H]1CCCC[C@H]1[NH-].[NH-][C@@H]1CCCC[C@H]1[NH-].[Pt+2]. The molecule has 0 aromatic heterocycles. The number of carbonyl (C=O) groups is 4. The van der Waals surface area contributed by atoms with Crippen LogP contribution >= 0.6 is 9.42 Å². The van der Waals surface area contributed by atoms with Crippen LogP contribution in [0.2, 0.25) is 0 Å². The third-order valence-electron chi connectivity index (χ3n) is 26.0. The minimum atomic E-state index is -1.45. The van der Waals surface area contributed by atoms with E-state index in [-0.39, 0.29) is 76.1 Å². The summed E-state index contributed by atoms with van der Waals surface area (Å²) in [6.07, 6.45) is 40.7. The van der Waals surface area contributed by atoms with Crippen molar-refractivity contribution in [3.63, 3.8) is 0 Å². The number of carboxylic acid groups (broad SMARTS) is 3. The number of nitrogens with one attached hydrogen (secondary N) is 5. The summed E-state index contributed by atoms with van der Waals surface area (Å²) in [7, 11) is 4.61. The Kier molecular flexibility index (Phi) is 32.8. The molecule has 14 nitrogen and oxygen atoms in total. The number of ether oxygens (including phenoxy) is 2. The number of aliphatic carboxylic acids is 3. The number of fused-ring (bicyclic) bond motifs is 10. The van der Waals surface area contributed by atoms with Crippen molar-refractivity contribution in [3.05, 3.63) is 46.2 Å². The fourth-order valence-corrected chi connectivity index (χ4v) is 20.8. The van der Waals surface area contributed by atoms with E-state index in [2.05, 4.69) is 96.1 Å². The molecule has 4 unspecified atom stereocenters. The van der Waals surface area contributed by atoms with Gasteiger partial charge in [0.25, 0.3) is 0 Å². The van der Waals surface area contributed by atoms with Gasteiger partial charge >= 0.3 is 67.2 Å². The van der Waals surface area contributed by atoms with E-state index in [1.807, 2.05) is 0 Å². The molecule has 10 rings (SSSR count). The van der Waals surface area contributed by atoms with Gasteiger partial charge in [0.2, 0.25) is 5.91 Å². The second-order valence-corrected chi connectivity index (χ2v) is 32.4. The summed E-state index contributed by atoms with van der Waals surface area (Å²) in [5, 5.41) is 29.3. The van der Waals surface area contributed by atoms with Crippen LogP contribution in [0.15, 0.2) is 23.3 Å². The number of carbonyl (C=O) groups excluding carboxylic acids is 1. The first-order valence-electron chi connectivity index (χ1n) is 36.1. The van der Waals surface area contributed by atoms with Gasteiger partial charge in [-0.2, -0.15) is 24.2 Å². The minimum absolute atomic E-state index is 0. The first-order valence-corrected chi connectivity index (χ1v) is 39.0. The second kappa shape index (κ2) is 37.1. The molecule has 10 aliphatic rings. The van der Waals surface area contributed by atoms with Crippen molar-refractivity contribution in [2.24, 2.45) is 92.7 Å². The van der Waals surface area contributed by atoms with Crippen molar-refractivity contribution in [3.8, 4) is 0 Å². The minimum Gasteiger partial charge on any atom is -0.676 e. The number of rotatable bonds is 20. The molecule has 91 heavy (non-hydrogen) atoms. The summed E-state index contributed by atoms with van der Waals surface area (Å²) in [5.74, 6) is 5.90. The van der Waals surface area contributed by atoms with Gasteiger partial charge in [0.05, 0.1) is 18.6 Å². The largest absolute Gasteiger partial charge is 2.00 e. The molecule has 0 spiro atoms. The molecule has 10 aliphatic carbocycles. The molecule has 1 amide bonds. The zero-order chi connectivity index (χ0) is 66.3. The van der Waals surface area contributed by atoms with Crippen LogP contribution < -0.4 is 5.32 Å². The van der Waals surface area contributed by atoms with Crippen molar-refractivity contribution >= 4 is 33.2 Å². The third kappa shape index (κ3) is 20.9.